The molecule has 0 aliphatic carbocycles. The standard InChI is InChI=1S/C18H24N4OS/c1-20(2)16(15-7-4-3-5-8-15)17(23)21-10-6-11-22(13-12-21)18-19-9-14-24-18/h3-5,7-9,14,16H,6,10-13H2,1-2H3/t16-/m0/s1. The Kier molecular flexibility index (Phi) is 5.48. The molecule has 1 amide bonds. The van der Waals surface area contributed by atoms with Crippen molar-refractivity contribution in [3.63, 3.8) is 0 Å². The van der Waals surface area contributed by atoms with E-state index >= 15 is 0 Å². The number of likely N-dealkylation sites (N-methyl/N-ethyl adjacent to an activating group) is 1. The van der Waals surface area contributed by atoms with Gasteiger partial charge < -0.3 is 9.80 Å². The average Bonchev–Trinajstić information content (AvgIpc) is 3.00. The molecule has 0 saturated carbocycles. The number of hydrogen-bond donors (Lipinski definition) is 0. The number of nitrogens with zero attached hydrogens (tertiary/aromatic N) is 4. The first-order chi connectivity index (χ1) is 11.7. The van der Waals surface area contributed by atoms with Gasteiger partial charge in [-0.3, -0.25) is 9.69 Å². The van der Waals surface area contributed by atoms with E-state index in [1.54, 1.807) is 11.3 Å². The maximum absolute atomic E-state index is 13.1. The Hall–Kier alpha value is -1.92. The molecule has 128 valence electrons. The Morgan fingerprint density at radius 2 is 1.96 bits per heavy atom. The number of anilines is 1. The quantitative estimate of drug-likeness (QED) is 0.854. The number of amides is 1. The summed E-state index contributed by atoms with van der Waals surface area (Å²) in [5.74, 6) is 0.187. The zero-order valence-electron chi connectivity index (χ0n) is 14.3. The van der Waals surface area contributed by atoms with Crippen molar-refractivity contribution >= 4 is 22.4 Å². The lowest BCUT2D eigenvalue weighted by molar-refractivity contribution is -0.136. The molecule has 1 aliphatic heterocycles. The van der Waals surface area contributed by atoms with Gasteiger partial charge in [-0.05, 0) is 26.1 Å². The van der Waals surface area contributed by atoms with Crippen LogP contribution < -0.4 is 4.90 Å². The fourth-order valence-corrected chi connectivity index (χ4v) is 3.87. The summed E-state index contributed by atoms with van der Waals surface area (Å²) in [6.07, 6.45) is 2.81. The minimum atomic E-state index is -0.224. The Morgan fingerprint density at radius 1 is 1.17 bits per heavy atom. The summed E-state index contributed by atoms with van der Waals surface area (Å²) >= 11 is 1.66. The third kappa shape index (κ3) is 3.76. The van der Waals surface area contributed by atoms with Crippen LogP contribution in [0, 0.1) is 0 Å². The lowest BCUT2D eigenvalue weighted by atomic mass is 10.0. The van der Waals surface area contributed by atoms with E-state index in [4.69, 9.17) is 0 Å². The van der Waals surface area contributed by atoms with Crippen molar-refractivity contribution in [3.8, 4) is 0 Å². The molecule has 2 aromatic rings. The monoisotopic (exact) mass is 344 g/mol. The SMILES string of the molecule is CN(C)[C@H](C(=O)N1CCCN(c2nccs2)CC1)c1ccccc1. The molecule has 0 spiro atoms. The molecule has 2 heterocycles. The van der Waals surface area contributed by atoms with Crippen LogP contribution >= 0.6 is 11.3 Å². The largest absolute Gasteiger partial charge is 0.346 e. The molecule has 0 N–H and O–H groups in total. The van der Waals surface area contributed by atoms with Crippen LogP contribution in [-0.4, -0.2) is 61.0 Å². The van der Waals surface area contributed by atoms with Crippen molar-refractivity contribution in [2.24, 2.45) is 0 Å². The van der Waals surface area contributed by atoms with Crippen molar-refractivity contribution < 1.29 is 4.79 Å². The fraction of sp³-hybridized carbons (Fsp3) is 0.444. The second kappa shape index (κ2) is 7.77. The molecule has 0 bridgehead atoms. The molecular formula is C18H24N4OS. The van der Waals surface area contributed by atoms with Gasteiger partial charge in [0, 0.05) is 37.8 Å². The Morgan fingerprint density at radius 3 is 2.62 bits per heavy atom. The Balaban J connectivity index is 1.71. The minimum Gasteiger partial charge on any atom is -0.346 e. The number of thiazole rings is 1. The molecule has 0 unspecified atom stereocenters. The van der Waals surface area contributed by atoms with E-state index in [2.05, 4.69) is 9.88 Å². The molecule has 1 saturated heterocycles. The molecule has 24 heavy (non-hydrogen) atoms. The van der Waals surface area contributed by atoms with E-state index in [1.165, 1.54) is 0 Å². The number of carbonyl (C=O) groups excluding carboxylic acids is 1. The second-order valence-electron chi connectivity index (χ2n) is 6.26. The van der Waals surface area contributed by atoms with Gasteiger partial charge in [-0.2, -0.15) is 0 Å². The first-order valence-electron chi connectivity index (χ1n) is 8.31. The van der Waals surface area contributed by atoms with Crippen LogP contribution in [0.3, 0.4) is 0 Å². The van der Waals surface area contributed by atoms with Crippen LogP contribution in [-0.2, 0) is 4.79 Å². The normalized spacial score (nSPS) is 17.0. The third-order valence-electron chi connectivity index (χ3n) is 4.36. The van der Waals surface area contributed by atoms with Crippen molar-refractivity contribution in [1.29, 1.82) is 0 Å². The van der Waals surface area contributed by atoms with Gasteiger partial charge in [0.25, 0.3) is 0 Å². The van der Waals surface area contributed by atoms with E-state index in [1.807, 2.05) is 65.8 Å². The summed E-state index contributed by atoms with van der Waals surface area (Å²) in [6, 6.07) is 9.80. The zero-order chi connectivity index (χ0) is 16.9. The van der Waals surface area contributed by atoms with Crippen LogP contribution in [0.15, 0.2) is 41.9 Å². The average molecular weight is 344 g/mol. The van der Waals surface area contributed by atoms with E-state index in [-0.39, 0.29) is 11.9 Å². The van der Waals surface area contributed by atoms with Crippen LogP contribution in [0.4, 0.5) is 5.13 Å². The maximum Gasteiger partial charge on any atom is 0.244 e. The number of aromatic nitrogens is 1. The summed E-state index contributed by atoms with van der Waals surface area (Å²) in [7, 11) is 3.94. The molecule has 1 aliphatic rings. The predicted molar refractivity (Wildman–Crippen MR) is 98.4 cm³/mol. The van der Waals surface area contributed by atoms with Gasteiger partial charge >= 0.3 is 0 Å². The van der Waals surface area contributed by atoms with Gasteiger partial charge in [-0.1, -0.05) is 30.3 Å². The molecule has 1 atom stereocenters. The van der Waals surface area contributed by atoms with Crippen molar-refractivity contribution in [3.05, 3.63) is 47.5 Å². The maximum atomic E-state index is 13.1. The smallest absolute Gasteiger partial charge is 0.244 e. The van der Waals surface area contributed by atoms with E-state index in [0.29, 0.717) is 0 Å². The van der Waals surface area contributed by atoms with Crippen molar-refractivity contribution in [1.82, 2.24) is 14.8 Å². The lowest BCUT2D eigenvalue weighted by Gasteiger charge is -2.30. The van der Waals surface area contributed by atoms with Gasteiger partial charge in [-0.25, -0.2) is 4.98 Å². The number of hydrogen-bond acceptors (Lipinski definition) is 5. The van der Waals surface area contributed by atoms with Gasteiger partial charge in [0.2, 0.25) is 5.91 Å². The first-order valence-corrected chi connectivity index (χ1v) is 9.19. The van der Waals surface area contributed by atoms with Crippen LogP contribution in [0.2, 0.25) is 0 Å². The summed E-state index contributed by atoms with van der Waals surface area (Å²) < 4.78 is 0. The highest BCUT2D eigenvalue weighted by Gasteiger charge is 2.29. The summed E-state index contributed by atoms with van der Waals surface area (Å²) in [5, 5.41) is 3.05. The summed E-state index contributed by atoms with van der Waals surface area (Å²) in [4.78, 5) is 23.8. The summed E-state index contributed by atoms with van der Waals surface area (Å²) in [5.41, 5.74) is 1.05. The molecule has 3 rings (SSSR count). The first kappa shape index (κ1) is 16.9. The van der Waals surface area contributed by atoms with Gasteiger partial charge in [0.05, 0.1) is 0 Å². The predicted octanol–water partition coefficient (Wildman–Crippen LogP) is 2.48. The third-order valence-corrected chi connectivity index (χ3v) is 5.20. The van der Waals surface area contributed by atoms with E-state index in [0.717, 1.165) is 43.3 Å². The van der Waals surface area contributed by atoms with Crippen molar-refractivity contribution in [2.75, 3.05) is 45.2 Å². The Bertz CT molecular complexity index is 644. The topological polar surface area (TPSA) is 39.7 Å². The number of carbonyl (C=O) groups is 1. The molecular weight excluding hydrogens is 320 g/mol. The molecule has 1 fully saturated rings. The zero-order valence-corrected chi connectivity index (χ0v) is 15.1. The van der Waals surface area contributed by atoms with Crippen LogP contribution in [0.1, 0.15) is 18.0 Å². The van der Waals surface area contributed by atoms with Crippen LogP contribution in [0.25, 0.3) is 0 Å². The Labute approximate surface area is 147 Å². The van der Waals surface area contributed by atoms with E-state index < -0.39 is 0 Å². The van der Waals surface area contributed by atoms with E-state index in [9.17, 15) is 4.79 Å². The number of rotatable bonds is 4. The van der Waals surface area contributed by atoms with Gasteiger partial charge in [0.1, 0.15) is 6.04 Å². The molecule has 1 aromatic heterocycles. The minimum absolute atomic E-state index is 0.187. The molecule has 0 radical (unpaired) electrons. The number of benzene rings is 1. The summed E-state index contributed by atoms with van der Waals surface area (Å²) in [6.45, 7) is 3.34. The van der Waals surface area contributed by atoms with Gasteiger partial charge in [0.15, 0.2) is 5.13 Å². The highest BCUT2D eigenvalue weighted by atomic mass is 32.1. The highest BCUT2D eigenvalue weighted by molar-refractivity contribution is 7.13. The second-order valence-corrected chi connectivity index (χ2v) is 7.13. The van der Waals surface area contributed by atoms with Crippen LogP contribution in [0.5, 0.6) is 0 Å². The molecule has 5 nitrogen and oxygen atoms in total. The molecule has 6 heteroatoms. The lowest BCUT2D eigenvalue weighted by Crippen LogP contribution is -2.42. The van der Waals surface area contributed by atoms with Gasteiger partial charge in [-0.15, -0.1) is 11.3 Å². The van der Waals surface area contributed by atoms with Crippen molar-refractivity contribution in [2.45, 2.75) is 12.5 Å². The molecule has 1 aromatic carbocycles. The highest BCUT2D eigenvalue weighted by Crippen LogP contribution is 2.23. The fourth-order valence-electron chi connectivity index (χ4n) is 3.17.